The Hall–Kier alpha value is -3.95. The van der Waals surface area contributed by atoms with Crippen LogP contribution in [0.3, 0.4) is 0 Å². The second-order valence-electron chi connectivity index (χ2n) is 14.0. The quantitative estimate of drug-likeness (QED) is 0.309. The standard InChI is InChI=1S/C37H43ClN8O3/c1-2-33(47)46-20-17-44(21-27(46)9-13-39)35-29-10-14-43(32-8-4-6-26-5-3-7-30(38)34(26)32)22-31(29)40-36(41-35)49-25-37(11-12-37)45-18-15-42(16-19-45)28-23-48-24-28/h2-8,27-28H,1,9-12,14-25H2/t27-/m0/s1. The smallest absolute Gasteiger partial charge is 0.318 e. The van der Waals surface area contributed by atoms with E-state index in [1.165, 1.54) is 6.08 Å². The molecule has 2 aromatic carbocycles. The number of hydrogen-bond donors (Lipinski definition) is 0. The van der Waals surface area contributed by atoms with E-state index in [1.54, 1.807) is 4.90 Å². The molecule has 1 aromatic heterocycles. The highest BCUT2D eigenvalue weighted by Crippen LogP contribution is 2.43. The Balaban J connectivity index is 1.07. The largest absolute Gasteiger partial charge is 0.461 e. The van der Waals surface area contributed by atoms with Gasteiger partial charge in [-0.3, -0.25) is 14.6 Å². The number of carbonyl (C=O) groups is 1. The van der Waals surface area contributed by atoms with Gasteiger partial charge in [0.05, 0.1) is 60.6 Å². The molecule has 0 bridgehead atoms. The summed E-state index contributed by atoms with van der Waals surface area (Å²) in [6.07, 6.45) is 4.55. The zero-order valence-corrected chi connectivity index (χ0v) is 28.7. The van der Waals surface area contributed by atoms with E-state index in [-0.39, 0.29) is 23.9 Å². The van der Waals surface area contributed by atoms with Crippen LogP contribution in [0.25, 0.3) is 10.8 Å². The number of halogens is 1. The number of fused-ring (bicyclic) bond motifs is 2. The van der Waals surface area contributed by atoms with E-state index < -0.39 is 0 Å². The van der Waals surface area contributed by atoms with E-state index in [2.05, 4.69) is 56.5 Å². The summed E-state index contributed by atoms with van der Waals surface area (Å²) in [4.78, 5) is 34.3. The average molecular weight is 683 g/mol. The van der Waals surface area contributed by atoms with Crippen LogP contribution in [-0.4, -0.2) is 120 Å². The summed E-state index contributed by atoms with van der Waals surface area (Å²) < 4.78 is 12.0. The van der Waals surface area contributed by atoms with Gasteiger partial charge in [-0.2, -0.15) is 15.2 Å². The lowest BCUT2D eigenvalue weighted by Gasteiger charge is -2.44. The van der Waals surface area contributed by atoms with Crippen LogP contribution in [0.15, 0.2) is 49.1 Å². The van der Waals surface area contributed by atoms with Crippen molar-refractivity contribution >= 4 is 39.8 Å². The van der Waals surface area contributed by atoms with E-state index in [0.29, 0.717) is 44.8 Å². The first-order valence-corrected chi connectivity index (χ1v) is 17.9. The van der Waals surface area contributed by atoms with Crippen LogP contribution in [0.4, 0.5) is 11.5 Å². The number of piperazine rings is 2. The van der Waals surface area contributed by atoms with E-state index >= 15 is 0 Å². The number of nitrogens with zero attached hydrogens (tertiary/aromatic N) is 8. The fraction of sp³-hybridized carbons (Fsp3) is 0.514. The molecule has 3 aromatic rings. The van der Waals surface area contributed by atoms with Gasteiger partial charge in [0.1, 0.15) is 12.4 Å². The van der Waals surface area contributed by atoms with E-state index in [9.17, 15) is 10.1 Å². The summed E-state index contributed by atoms with van der Waals surface area (Å²) in [5, 5.41) is 12.5. The number of hydrogen-bond acceptors (Lipinski definition) is 10. The molecule has 0 spiro atoms. The average Bonchev–Trinajstić information content (AvgIpc) is 3.90. The highest BCUT2D eigenvalue weighted by Gasteiger charge is 2.50. The van der Waals surface area contributed by atoms with Crippen molar-refractivity contribution in [3.8, 4) is 12.1 Å². The summed E-state index contributed by atoms with van der Waals surface area (Å²) in [6, 6.07) is 15.3. The van der Waals surface area contributed by atoms with Crippen LogP contribution in [0.2, 0.25) is 5.02 Å². The van der Waals surface area contributed by atoms with Crippen molar-refractivity contribution in [1.29, 1.82) is 5.26 Å². The van der Waals surface area contributed by atoms with Gasteiger partial charge in [0.15, 0.2) is 0 Å². The normalized spacial score (nSPS) is 22.7. The first kappa shape index (κ1) is 32.3. The Labute approximate surface area is 292 Å². The maximum Gasteiger partial charge on any atom is 0.318 e. The summed E-state index contributed by atoms with van der Waals surface area (Å²) in [7, 11) is 0. The topological polar surface area (TPSA) is 101 Å². The summed E-state index contributed by atoms with van der Waals surface area (Å²) >= 11 is 6.76. The van der Waals surface area contributed by atoms with Gasteiger partial charge in [-0.1, -0.05) is 42.4 Å². The lowest BCUT2D eigenvalue weighted by molar-refractivity contribution is -0.128. The SMILES string of the molecule is C=CC(=O)N1CCN(c2nc(OCC3(N4CCN(C5COC5)CC4)CC3)nc3c2CCN(c2cccc4cccc(Cl)c24)C3)C[C@@H]1CC#N. The van der Waals surface area contributed by atoms with Gasteiger partial charge < -0.3 is 24.2 Å². The number of nitriles is 1. The monoisotopic (exact) mass is 682 g/mol. The number of ether oxygens (including phenoxy) is 2. The molecule has 4 aliphatic heterocycles. The first-order chi connectivity index (χ1) is 24.0. The third kappa shape index (κ3) is 6.20. The fourth-order valence-electron chi connectivity index (χ4n) is 8.09. The van der Waals surface area contributed by atoms with Gasteiger partial charge in [0.25, 0.3) is 0 Å². The van der Waals surface area contributed by atoms with Crippen molar-refractivity contribution < 1.29 is 14.3 Å². The van der Waals surface area contributed by atoms with Crippen molar-refractivity contribution in [2.75, 3.05) is 82.0 Å². The first-order valence-electron chi connectivity index (χ1n) is 17.5. The Bertz CT molecular complexity index is 1780. The summed E-state index contributed by atoms with van der Waals surface area (Å²) in [5.74, 6) is 0.708. The molecule has 0 unspecified atom stereocenters. The number of benzene rings is 2. The fourth-order valence-corrected chi connectivity index (χ4v) is 8.36. The van der Waals surface area contributed by atoms with Crippen molar-refractivity contribution in [2.24, 2.45) is 0 Å². The number of anilines is 2. The second-order valence-corrected chi connectivity index (χ2v) is 14.4. The van der Waals surface area contributed by atoms with Gasteiger partial charge in [-0.05, 0) is 42.9 Å². The molecule has 4 fully saturated rings. The Morgan fingerprint density at radius 3 is 2.57 bits per heavy atom. The summed E-state index contributed by atoms with van der Waals surface area (Å²) in [6.45, 7) is 13.1. The van der Waals surface area contributed by atoms with Crippen LogP contribution < -0.4 is 14.5 Å². The van der Waals surface area contributed by atoms with E-state index in [0.717, 1.165) is 104 Å². The molecule has 49 heavy (non-hydrogen) atoms. The highest BCUT2D eigenvalue weighted by molar-refractivity contribution is 6.36. The van der Waals surface area contributed by atoms with Crippen LogP contribution in [0, 0.1) is 11.3 Å². The predicted molar refractivity (Wildman–Crippen MR) is 189 cm³/mol. The molecule has 1 atom stereocenters. The molecule has 256 valence electrons. The number of carbonyl (C=O) groups excluding carboxylic acids is 1. The van der Waals surface area contributed by atoms with Crippen LogP contribution in [-0.2, 0) is 22.5 Å². The summed E-state index contributed by atoms with van der Waals surface area (Å²) in [5.41, 5.74) is 3.16. The Kier molecular flexibility index (Phi) is 8.82. The van der Waals surface area contributed by atoms with Gasteiger partial charge in [0.2, 0.25) is 5.91 Å². The molecule has 8 rings (SSSR count). The molecule has 1 saturated carbocycles. The molecule has 11 nitrogen and oxygen atoms in total. The maximum atomic E-state index is 12.7. The molecular formula is C37H43ClN8O3. The Morgan fingerprint density at radius 1 is 1.06 bits per heavy atom. The van der Waals surface area contributed by atoms with E-state index in [4.69, 9.17) is 31.0 Å². The molecule has 0 radical (unpaired) electrons. The minimum absolute atomic E-state index is 0.0297. The number of aromatic nitrogens is 2. The van der Waals surface area contributed by atoms with Crippen molar-refractivity contribution in [3.05, 3.63) is 65.3 Å². The van der Waals surface area contributed by atoms with Crippen LogP contribution in [0.1, 0.15) is 30.5 Å². The lowest BCUT2D eigenvalue weighted by Crippen LogP contribution is -2.59. The predicted octanol–water partition coefficient (Wildman–Crippen LogP) is 3.89. The number of rotatable bonds is 9. The second kappa shape index (κ2) is 13.4. The third-order valence-electron chi connectivity index (χ3n) is 11.2. The third-order valence-corrected chi connectivity index (χ3v) is 11.5. The highest BCUT2D eigenvalue weighted by atomic mass is 35.5. The van der Waals surface area contributed by atoms with Crippen molar-refractivity contribution in [1.82, 2.24) is 24.7 Å². The van der Waals surface area contributed by atoms with Crippen molar-refractivity contribution in [2.45, 2.75) is 49.9 Å². The molecule has 5 aliphatic rings. The molecule has 5 heterocycles. The molecule has 3 saturated heterocycles. The van der Waals surface area contributed by atoms with Gasteiger partial charge in [-0.15, -0.1) is 0 Å². The van der Waals surface area contributed by atoms with E-state index in [1.807, 2.05) is 12.1 Å². The molecule has 1 amide bonds. The lowest BCUT2D eigenvalue weighted by atomic mass is 10.0. The van der Waals surface area contributed by atoms with Crippen molar-refractivity contribution in [3.63, 3.8) is 0 Å². The maximum absolute atomic E-state index is 12.7. The zero-order chi connectivity index (χ0) is 33.5. The number of amides is 1. The van der Waals surface area contributed by atoms with Gasteiger partial charge in [-0.25, -0.2) is 0 Å². The zero-order valence-electron chi connectivity index (χ0n) is 27.9. The van der Waals surface area contributed by atoms with Crippen LogP contribution >= 0.6 is 11.6 Å². The molecule has 1 aliphatic carbocycles. The van der Waals surface area contributed by atoms with Gasteiger partial charge in [0, 0.05) is 69.0 Å². The molecular weight excluding hydrogens is 640 g/mol. The molecule has 12 heteroatoms. The van der Waals surface area contributed by atoms with Gasteiger partial charge >= 0.3 is 6.01 Å². The molecule has 0 N–H and O–H groups in total. The minimum atomic E-state index is -0.253. The minimum Gasteiger partial charge on any atom is -0.461 e. The Morgan fingerprint density at radius 2 is 1.86 bits per heavy atom. The van der Waals surface area contributed by atoms with Crippen LogP contribution in [0.5, 0.6) is 6.01 Å².